The molecule has 2 N–H and O–H groups in total. The van der Waals surface area contributed by atoms with E-state index >= 15 is 0 Å². The van der Waals surface area contributed by atoms with E-state index in [4.69, 9.17) is 10.5 Å². The van der Waals surface area contributed by atoms with Crippen LogP contribution in [0.1, 0.15) is 24.8 Å². The molecule has 2 unspecified atom stereocenters. The van der Waals surface area contributed by atoms with Crippen LogP contribution in [0.15, 0.2) is 30.3 Å². The van der Waals surface area contributed by atoms with Gasteiger partial charge in [-0.3, -0.25) is 9.69 Å². The average molecular weight is 331 g/mol. The molecule has 1 aromatic rings. The second-order valence-electron chi connectivity index (χ2n) is 7.37. The van der Waals surface area contributed by atoms with Gasteiger partial charge in [0.05, 0.1) is 6.61 Å². The Morgan fingerprint density at radius 3 is 2.79 bits per heavy atom. The van der Waals surface area contributed by atoms with Crippen LogP contribution in [0.4, 0.5) is 0 Å². The number of likely N-dealkylation sites (tertiary alicyclic amines) is 2. The van der Waals surface area contributed by atoms with Gasteiger partial charge in [0.15, 0.2) is 0 Å². The van der Waals surface area contributed by atoms with Crippen LogP contribution in [0.3, 0.4) is 0 Å². The molecule has 1 aromatic carbocycles. The molecule has 2 aliphatic rings. The number of ether oxygens (including phenoxy) is 1. The van der Waals surface area contributed by atoms with E-state index < -0.39 is 6.04 Å². The van der Waals surface area contributed by atoms with Crippen LogP contribution in [0, 0.1) is 5.41 Å². The van der Waals surface area contributed by atoms with Crippen LogP contribution < -0.4 is 5.73 Å². The lowest BCUT2D eigenvalue weighted by molar-refractivity contribution is -0.133. The molecule has 2 aliphatic heterocycles. The molecular formula is C19H29N3O2. The van der Waals surface area contributed by atoms with Gasteiger partial charge in [0.25, 0.3) is 0 Å². The van der Waals surface area contributed by atoms with Crippen molar-refractivity contribution in [3.05, 3.63) is 35.9 Å². The number of nitrogens with two attached hydrogens (primary N) is 1. The summed E-state index contributed by atoms with van der Waals surface area (Å²) in [6, 6.07) is 10.1. The molecule has 2 fully saturated rings. The summed E-state index contributed by atoms with van der Waals surface area (Å²) in [5.41, 5.74) is 7.54. The summed E-state index contributed by atoms with van der Waals surface area (Å²) < 4.78 is 5.02. The highest BCUT2D eigenvalue weighted by Crippen LogP contribution is 2.39. The average Bonchev–Trinajstić information content (AvgIpc) is 2.98. The van der Waals surface area contributed by atoms with Crippen LogP contribution in [0.5, 0.6) is 0 Å². The van der Waals surface area contributed by atoms with Crippen molar-refractivity contribution >= 4 is 5.91 Å². The number of benzene rings is 1. The summed E-state index contributed by atoms with van der Waals surface area (Å²) in [6.45, 7) is 5.19. The number of nitrogens with zero attached hydrogens (tertiary/aromatic N) is 2. The highest BCUT2D eigenvalue weighted by atomic mass is 16.5. The van der Waals surface area contributed by atoms with E-state index in [1.54, 1.807) is 7.11 Å². The van der Waals surface area contributed by atoms with E-state index in [1.807, 2.05) is 4.90 Å². The van der Waals surface area contributed by atoms with E-state index in [0.717, 1.165) is 39.1 Å². The highest BCUT2D eigenvalue weighted by Gasteiger charge is 2.43. The van der Waals surface area contributed by atoms with Gasteiger partial charge in [-0.2, -0.15) is 0 Å². The van der Waals surface area contributed by atoms with Crippen molar-refractivity contribution in [2.45, 2.75) is 31.8 Å². The van der Waals surface area contributed by atoms with Crippen molar-refractivity contribution in [1.82, 2.24) is 9.80 Å². The first-order valence-electron chi connectivity index (χ1n) is 8.91. The zero-order valence-corrected chi connectivity index (χ0v) is 14.6. The molecule has 0 aromatic heterocycles. The number of hydrogen-bond donors (Lipinski definition) is 1. The summed E-state index contributed by atoms with van der Waals surface area (Å²) in [6.07, 6.45) is 3.50. The zero-order chi connectivity index (χ0) is 17.0. The number of rotatable bonds is 5. The van der Waals surface area contributed by atoms with Gasteiger partial charge in [-0.25, -0.2) is 0 Å². The van der Waals surface area contributed by atoms with Gasteiger partial charge in [-0.1, -0.05) is 30.3 Å². The van der Waals surface area contributed by atoms with E-state index in [1.165, 1.54) is 18.4 Å². The monoisotopic (exact) mass is 331 g/mol. The quantitative estimate of drug-likeness (QED) is 0.888. The topological polar surface area (TPSA) is 58.8 Å². The van der Waals surface area contributed by atoms with Crippen molar-refractivity contribution < 1.29 is 9.53 Å². The van der Waals surface area contributed by atoms with Crippen molar-refractivity contribution in [2.75, 3.05) is 39.9 Å². The van der Waals surface area contributed by atoms with Gasteiger partial charge in [0.1, 0.15) is 6.04 Å². The Hall–Kier alpha value is -1.43. The summed E-state index contributed by atoms with van der Waals surface area (Å²) in [4.78, 5) is 16.9. The van der Waals surface area contributed by atoms with Gasteiger partial charge in [0, 0.05) is 38.7 Å². The summed E-state index contributed by atoms with van der Waals surface area (Å²) in [5.74, 6) is 0.0360. The lowest BCUT2D eigenvalue weighted by atomic mass is 9.79. The fourth-order valence-electron chi connectivity index (χ4n) is 4.23. The Morgan fingerprint density at radius 1 is 1.25 bits per heavy atom. The van der Waals surface area contributed by atoms with E-state index in [0.29, 0.717) is 6.61 Å². The molecule has 3 rings (SSSR count). The van der Waals surface area contributed by atoms with Gasteiger partial charge >= 0.3 is 0 Å². The predicted octanol–water partition coefficient (Wildman–Crippen LogP) is 1.47. The first kappa shape index (κ1) is 17.4. The molecule has 1 amide bonds. The predicted molar refractivity (Wildman–Crippen MR) is 94.4 cm³/mol. The normalized spacial score (nSPS) is 26.0. The molecule has 2 heterocycles. The Bertz CT molecular complexity index is 551. The highest BCUT2D eigenvalue weighted by molar-refractivity contribution is 5.82. The first-order valence-corrected chi connectivity index (χ1v) is 8.91. The minimum Gasteiger partial charge on any atom is -0.383 e. The second-order valence-corrected chi connectivity index (χ2v) is 7.37. The van der Waals surface area contributed by atoms with Crippen molar-refractivity contribution in [1.29, 1.82) is 0 Å². The molecule has 1 spiro atoms. The molecule has 0 aliphatic carbocycles. The SMILES string of the molecule is COCC(N)C(=O)N1CCC2(CCCN(Cc3ccccc3)C2)C1. The van der Waals surface area contributed by atoms with Gasteiger partial charge in [0.2, 0.25) is 5.91 Å². The van der Waals surface area contributed by atoms with Crippen LogP contribution in [0.2, 0.25) is 0 Å². The fraction of sp³-hybridized carbons (Fsp3) is 0.632. The lowest BCUT2D eigenvalue weighted by Gasteiger charge is -2.40. The maximum Gasteiger partial charge on any atom is 0.241 e. The standard InChI is InChI=1S/C19H29N3O2/c1-24-13-17(20)18(23)22-11-9-19(15-22)8-5-10-21(14-19)12-16-6-3-2-4-7-16/h2-4,6-7,17H,5,8-15,20H2,1H3. The molecule has 24 heavy (non-hydrogen) atoms. The van der Waals surface area contributed by atoms with Crippen LogP contribution in [-0.4, -0.2) is 61.6 Å². The summed E-state index contributed by atoms with van der Waals surface area (Å²) >= 11 is 0. The molecule has 0 radical (unpaired) electrons. The smallest absolute Gasteiger partial charge is 0.241 e. The van der Waals surface area contributed by atoms with Gasteiger partial charge < -0.3 is 15.4 Å². The van der Waals surface area contributed by atoms with Crippen LogP contribution in [0.25, 0.3) is 0 Å². The van der Waals surface area contributed by atoms with E-state index in [9.17, 15) is 4.79 Å². The third-order valence-electron chi connectivity index (χ3n) is 5.40. The summed E-state index contributed by atoms with van der Waals surface area (Å²) in [5, 5.41) is 0. The van der Waals surface area contributed by atoms with Crippen molar-refractivity contribution in [3.63, 3.8) is 0 Å². The number of hydrogen-bond acceptors (Lipinski definition) is 4. The lowest BCUT2D eigenvalue weighted by Crippen LogP contribution is -2.48. The van der Waals surface area contributed by atoms with Crippen LogP contribution >= 0.6 is 0 Å². The Labute approximate surface area is 144 Å². The molecular weight excluding hydrogens is 302 g/mol. The summed E-state index contributed by atoms with van der Waals surface area (Å²) in [7, 11) is 1.58. The third kappa shape index (κ3) is 3.97. The molecule has 5 nitrogen and oxygen atoms in total. The number of carbonyl (C=O) groups excluding carboxylic acids is 1. The molecule has 132 valence electrons. The number of carbonyl (C=O) groups is 1. The van der Waals surface area contributed by atoms with Crippen molar-refractivity contribution in [2.24, 2.45) is 11.1 Å². The van der Waals surface area contributed by atoms with E-state index in [2.05, 4.69) is 35.2 Å². The number of methoxy groups -OCH3 is 1. The van der Waals surface area contributed by atoms with Crippen molar-refractivity contribution in [3.8, 4) is 0 Å². The van der Waals surface area contributed by atoms with Crippen LogP contribution in [-0.2, 0) is 16.1 Å². The molecule has 0 saturated carbocycles. The third-order valence-corrected chi connectivity index (χ3v) is 5.40. The molecule has 2 saturated heterocycles. The minimum absolute atomic E-state index is 0.0360. The molecule has 5 heteroatoms. The van der Waals surface area contributed by atoms with E-state index in [-0.39, 0.29) is 11.3 Å². The Balaban J connectivity index is 1.59. The number of piperidine rings is 1. The van der Waals surface area contributed by atoms with Gasteiger partial charge in [-0.15, -0.1) is 0 Å². The second kappa shape index (κ2) is 7.64. The maximum atomic E-state index is 12.4. The fourth-order valence-corrected chi connectivity index (χ4v) is 4.23. The Morgan fingerprint density at radius 2 is 2.04 bits per heavy atom. The molecule has 0 bridgehead atoms. The minimum atomic E-state index is -0.533. The zero-order valence-electron chi connectivity index (χ0n) is 14.6. The number of amides is 1. The molecule has 2 atom stereocenters. The van der Waals surface area contributed by atoms with Gasteiger partial charge in [-0.05, 0) is 31.4 Å². The Kier molecular flexibility index (Phi) is 5.54. The largest absolute Gasteiger partial charge is 0.383 e. The first-order chi connectivity index (χ1) is 11.6. The maximum absolute atomic E-state index is 12.4.